The van der Waals surface area contributed by atoms with Crippen LogP contribution < -0.4 is 10.3 Å². The van der Waals surface area contributed by atoms with Crippen LogP contribution in [0.1, 0.15) is 29.1 Å². The molecule has 7 heteroatoms. The molecule has 1 aromatic carbocycles. The fraction of sp³-hybridized carbons (Fsp3) is 0.200. The molecule has 0 N–H and O–H groups in total. The van der Waals surface area contributed by atoms with Crippen LogP contribution in [0.2, 0.25) is 0 Å². The van der Waals surface area contributed by atoms with Gasteiger partial charge in [-0.25, -0.2) is 0 Å². The minimum Gasteiger partial charge on any atom is -0.496 e. The summed E-state index contributed by atoms with van der Waals surface area (Å²) in [4.78, 5) is 22.4. The summed E-state index contributed by atoms with van der Waals surface area (Å²) >= 11 is 0. The number of hydrogen-bond donors (Lipinski definition) is 0. The van der Waals surface area contributed by atoms with Crippen LogP contribution in [0.5, 0.6) is 5.75 Å². The highest BCUT2D eigenvalue weighted by molar-refractivity contribution is 6.05. The molecule has 0 bridgehead atoms. The van der Waals surface area contributed by atoms with Crippen LogP contribution in [0.15, 0.2) is 69.2 Å². The van der Waals surface area contributed by atoms with E-state index in [1.807, 2.05) is 56.3 Å². The van der Waals surface area contributed by atoms with E-state index in [9.17, 15) is 4.79 Å². The average molecular weight is 426 g/mol. The molecule has 4 aromatic rings. The Morgan fingerprint density at radius 1 is 1.16 bits per heavy atom. The number of hydrogen-bond acceptors (Lipinski definition) is 6. The molecule has 32 heavy (non-hydrogen) atoms. The molecule has 0 spiro atoms. The van der Waals surface area contributed by atoms with E-state index < -0.39 is 0 Å². The maximum Gasteiger partial charge on any atom is 0.260 e. The fourth-order valence-corrected chi connectivity index (χ4v) is 4.20. The summed E-state index contributed by atoms with van der Waals surface area (Å²) in [6.07, 6.45) is 6.06. The Kier molecular flexibility index (Phi) is 4.93. The Morgan fingerprint density at radius 2 is 2.00 bits per heavy atom. The van der Waals surface area contributed by atoms with Gasteiger partial charge in [-0.1, -0.05) is 17.3 Å². The van der Waals surface area contributed by atoms with Gasteiger partial charge in [0.25, 0.3) is 5.56 Å². The summed E-state index contributed by atoms with van der Waals surface area (Å²) in [5, 5.41) is 5.00. The highest BCUT2D eigenvalue weighted by Crippen LogP contribution is 2.37. The van der Waals surface area contributed by atoms with Crippen molar-refractivity contribution in [2.45, 2.75) is 26.8 Å². The minimum absolute atomic E-state index is 0.0993. The third-order valence-corrected chi connectivity index (χ3v) is 5.72. The van der Waals surface area contributed by atoms with Crippen molar-refractivity contribution in [3.8, 4) is 16.9 Å². The van der Waals surface area contributed by atoms with E-state index >= 15 is 0 Å². The van der Waals surface area contributed by atoms with E-state index in [1.165, 1.54) is 0 Å². The lowest BCUT2D eigenvalue weighted by molar-refractivity contribution is 0.393. The zero-order chi connectivity index (χ0) is 22.2. The second-order valence-corrected chi connectivity index (χ2v) is 7.75. The number of aryl methyl sites for hydroxylation is 2. The van der Waals surface area contributed by atoms with Crippen molar-refractivity contribution in [3.63, 3.8) is 0 Å². The smallest absolute Gasteiger partial charge is 0.260 e. The first-order valence-corrected chi connectivity index (χ1v) is 10.4. The number of ether oxygens (including phenoxy) is 1. The Balaban J connectivity index is 1.80. The lowest BCUT2D eigenvalue weighted by Gasteiger charge is -2.16. The summed E-state index contributed by atoms with van der Waals surface area (Å²) in [7, 11) is 1.62. The van der Waals surface area contributed by atoms with Crippen molar-refractivity contribution in [2.24, 2.45) is 4.99 Å². The molecule has 0 fully saturated rings. The van der Waals surface area contributed by atoms with E-state index in [0.717, 1.165) is 39.1 Å². The zero-order valence-electron chi connectivity index (χ0n) is 18.1. The second kappa shape index (κ2) is 7.92. The van der Waals surface area contributed by atoms with Gasteiger partial charge >= 0.3 is 0 Å². The summed E-state index contributed by atoms with van der Waals surface area (Å²) in [5.74, 6) is 1.36. The third-order valence-electron chi connectivity index (χ3n) is 5.72. The third kappa shape index (κ3) is 3.32. The summed E-state index contributed by atoms with van der Waals surface area (Å²) < 4.78 is 12.9. The van der Waals surface area contributed by atoms with Crippen LogP contribution >= 0.6 is 0 Å². The van der Waals surface area contributed by atoms with Gasteiger partial charge in [-0.05, 0) is 38.1 Å². The molecular formula is C25H22N4O3. The lowest BCUT2D eigenvalue weighted by Crippen LogP contribution is -2.27. The van der Waals surface area contributed by atoms with Gasteiger partial charge in [-0.3, -0.25) is 14.8 Å². The van der Waals surface area contributed by atoms with Crippen molar-refractivity contribution >= 4 is 16.6 Å². The minimum atomic E-state index is -0.0993. The predicted octanol–water partition coefficient (Wildman–Crippen LogP) is 4.43. The monoisotopic (exact) mass is 426 g/mol. The van der Waals surface area contributed by atoms with Crippen molar-refractivity contribution < 1.29 is 9.26 Å². The van der Waals surface area contributed by atoms with E-state index in [1.54, 1.807) is 24.1 Å². The standard InChI is InChI=1S/C25H22N4O3/c1-15-24(16(2)32-28-15)20-12-17-11-19(21-8-6-10-27-21)25(30)29(22(17)13-23(20)31-3)14-18-7-4-5-9-26-18/h4-7,9-13H,8,14H2,1-3H3. The molecule has 3 aromatic heterocycles. The molecule has 0 amide bonds. The van der Waals surface area contributed by atoms with Gasteiger partial charge < -0.3 is 13.8 Å². The molecule has 0 radical (unpaired) electrons. The molecule has 0 aliphatic carbocycles. The van der Waals surface area contributed by atoms with E-state index in [4.69, 9.17) is 9.26 Å². The van der Waals surface area contributed by atoms with Crippen LogP contribution in [0.25, 0.3) is 22.0 Å². The average Bonchev–Trinajstić information content (AvgIpc) is 3.45. The number of nitrogens with zero attached hydrogens (tertiary/aromatic N) is 4. The van der Waals surface area contributed by atoms with E-state index in [2.05, 4.69) is 15.1 Å². The molecule has 160 valence electrons. The molecule has 5 rings (SSSR count). The van der Waals surface area contributed by atoms with Crippen LogP contribution in [0.4, 0.5) is 0 Å². The van der Waals surface area contributed by atoms with Gasteiger partial charge in [0.05, 0.1) is 47.4 Å². The molecular weight excluding hydrogens is 404 g/mol. The number of methoxy groups -OCH3 is 1. The van der Waals surface area contributed by atoms with Gasteiger partial charge in [-0.15, -0.1) is 0 Å². The van der Waals surface area contributed by atoms with Crippen LogP contribution in [0, 0.1) is 13.8 Å². The molecule has 0 saturated carbocycles. The molecule has 1 aliphatic heterocycles. The SMILES string of the molecule is COc1cc2c(cc1-c1c(C)noc1C)cc(C1=NC=CC1)c(=O)n2Cc1ccccn1. The number of rotatable bonds is 5. The molecule has 0 saturated heterocycles. The number of benzene rings is 1. The lowest BCUT2D eigenvalue weighted by atomic mass is 9.98. The normalized spacial score (nSPS) is 13.0. The van der Waals surface area contributed by atoms with Crippen molar-refractivity contribution in [3.05, 3.63) is 87.9 Å². The number of pyridine rings is 2. The summed E-state index contributed by atoms with van der Waals surface area (Å²) in [5.41, 5.74) is 5.37. The predicted molar refractivity (Wildman–Crippen MR) is 123 cm³/mol. The van der Waals surface area contributed by atoms with Gasteiger partial charge in [0.15, 0.2) is 0 Å². The summed E-state index contributed by atoms with van der Waals surface area (Å²) in [6.45, 7) is 4.13. The molecule has 1 aliphatic rings. The van der Waals surface area contributed by atoms with Gasteiger partial charge in [-0.2, -0.15) is 0 Å². The van der Waals surface area contributed by atoms with E-state index in [-0.39, 0.29) is 5.56 Å². The van der Waals surface area contributed by atoms with Gasteiger partial charge in [0, 0.05) is 35.8 Å². The molecule has 4 heterocycles. The van der Waals surface area contributed by atoms with Crippen LogP contribution in [-0.2, 0) is 6.54 Å². The molecule has 7 nitrogen and oxygen atoms in total. The topological polar surface area (TPSA) is 82.5 Å². The highest BCUT2D eigenvalue weighted by Gasteiger charge is 2.21. The number of allylic oxidation sites excluding steroid dienone is 1. The van der Waals surface area contributed by atoms with Crippen LogP contribution in [-0.4, -0.2) is 27.5 Å². The quantitative estimate of drug-likeness (QED) is 0.471. The second-order valence-electron chi connectivity index (χ2n) is 7.75. The Labute approximate surface area is 184 Å². The first kappa shape index (κ1) is 19.9. The summed E-state index contributed by atoms with van der Waals surface area (Å²) in [6, 6.07) is 11.5. The van der Waals surface area contributed by atoms with Gasteiger partial charge in [0.1, 0.15) is 11.5 Å². The number of aromatic nitrogens is 3. The first-order chi connectivity index (χ1) is 15.6. The molecule has 0 atom stereocenters. The number of aliphatic imine (C=N–C) groups is 1. The van der Waals surface area contributed by atoms with Crippen LogP contribution in [0.3, 0.4) is 0 Å². The van der Waals surface area contributed by atoms with Crippen molar-refractivity contribution in [2.75, 3.05) is 7.11 Å². The Hall–Kier alpha value is -4.00. The maximum absolute atomic E-state index is 13.6. The van der Waals surface area contributed by atoms with Crippen molar-refractivity contribution in [1.29, 1.82) is 0 Å². The largest absolute Gasteiger partial charge is 0.496 e. The highest BCUT2D eigenvalue weighted by atomic mass is 16.5. The molecule has 0 unspecified atom stereocenters. The Morgan fingerprint density at radius 3 is 2.66 bits per heavy atom. The maximum atomic E-state index is 13.6. The zero-order valence-corrected chi connectivity index (χ0v) is 18.1. The van der Waals surface area contributed by atoms with Gasteiger partial charge in [0.2, 0.25) is 0 Å². The van der Waals surface area contributed by atoms with E-state index in [0.29, 0.717) is 30.0 Å². The first-order valence-electron chi connectivity index (χ1n) is 10.4. The van der Waals surface area contributed by atoms with Crippen molar-refractivity contribution in [1.82, 2.24) is 14.7 Å². The fourth-order valence-electron chi connectivity index (χ4n) is 4.20. The Bertz CT molecular complexity index is 1430. The number of fused-ring (bicyclic) bond motifs is 1.